The van der Waals surface area contributed by atoms with E-state index in [0.29, 0.717) is 12.5 Å². The van der Waals surface area contributed by atoms with Crippen molar-refractivity contribution in [1.29, 1.82) is 0 Å². The fraction of sp³-hybridized carbons (Fsp3) is 0.154. The second kappa shape index (κ2) is 4.30. The molecule has 0 unspecified atom stereocenters. The van der Waals surface area contributed by atoms with E-state index >= 15 is 0 Å². The fourth-order valence-electron chi connectivity index (χ4n) is 2.14. The molecule has 2 heterocycles. The molecule has 0 spiro atoms. The number of hydrogen-bond donors (Lipinski definition) is 1. The molecule has 0 amide bonds. The van der Waals surface area contributed by atoms with Gasteiger partial charge in [0.15, 0.2) is 0 Å². The van der Waals surface area contributed by atoms with Gasteiger partial charge in [0.05, 0.1) is 21.9 Å². The van der Waals surface area contributed by atoms with Gasteiger partial charge in [-0.1, -0.05) is 23.7 Å². The topological polar surface area (TPSA) is 43.8 Å². The summed E-state index contributed by atoms with van der Waals surface area (Å²) in [6.07, 6.45) is 0. The number of para-hydroxylation sites is 1. The van der Waals surface area contributed by atoms with E-state index < -0.39 is 0 Å². The predicted octanol–water partition coefficient (Wildman–Crippen LogP) is 3.69. The Kier molecular flexibility index (Phi) is 2.76. The number of rotatable bonds is 2. The Hall–Kier alpha value is -1.52. The minimum Gasteiger partial charge on any atom is -0.369 e. The van der Waals surface area contributed by atoms with Crippen molar-refractivity contribution in [2.45, 2.75) is 13.5 Å². The zero-order valence-corrected chi connectivity index (χ0v) is 11.4. The van der Waals surface area contributed by atoms with Crippen LogP contribution in [0.5, 0.6) is 0 Å². The summed E-state index contributed by atoms with van der Waals surface area (Å²) >= 11 is 7.52. The standard InChI is InChI=1S/C13H12ClN3S/c1-8-3-2-4-10-12(8)17(13(15)16-10)7-9-5-6-11(14)18-9/h2-6H,7H2,1H3,(H2,15,16). The van der Waals surface area contributed by atoms with Gasteiger partial charge in [0.1, 0.15) is 0 Å². The normalized spacial score (nSPS) is 11.2. The van der Waals surface area contributed by atoms with Crippen molar-refractivity contribution in [3.63, 3.8) is 0 Å². The molecule has 0 aliphatic heterocycles. The molecule has 0 saturated carbocycles. The average Bonchev–Trinajstić information content (AvgIpc) is 2.85. The summed E-state index contributed by atoms with van der Waals surface area (Å²) in [7, 11) is 0. The highest BCUT2D eigenvalue weighted by Gasteiger charge is 2.11. The molecule has 0 atom stereocenters. The Bertz CT molecular complexity index is 714. The number of aryl methyl sites for hydroxylation is 1. The SMILES string of the molecule is Cc1cccc2nc(N)n(Cc3ccc(Cl)s3)c12. The molecule has 0 bridgehead atoms. The number of aromatic nitrogens is 2. The number of nitrogens with two attached hydrogens (primary N) is 1. The van der Waals surface area contributed by atoms with Crippen LogP contribution in [0, 0.1) is 6.92 Å². The zero-order valence-electron chi connectivity index (χ0n) is 9.85. The highest BCUT2D eigenvalue weighted by Crippen LogP contribution is 2.26. The summed E-state index contributed by atoms with van der Waals surface area (Å²) in [6.45, 7) is 2.78. The second-order valence-electron chi connectivity index (χ2n) is 4.20. The Morgan fingerprint density at radius 1 is 1.33 bits per heavy atom. The molecule has 2 N–H and O–H groups in total. The third-order valence-electron chi connectivity index (χ3n) is 2.94. The van der Waals surface area contributed by atoms with Gasteiger partial charge in [-0.05, 0) is 30.7 Å². The predicted molar refractivity (Wildman–Crippen MR) is 77.3 cm³/mol. The first-order chi connectivity index (χ1) is 8.65. The maximum absolute atomic E-state index is 6.00. The molecule has 18 heavy (non-hydrogen) atoms. The van der Waals surface area contributed by atoms with Crippen LogP contribution in [-0.4, -0.2) is 9.55 Å². The lowest BCUT2D eigenvalue weighted by Crippen LogP contribution is -2.04. The number of anilines is 1. The highest BCUT2D eigenvalue weighted by atomic mass is 35.5. The number of thiophene rings is 1. The van der Waals surface area contributed by atoms with Gasteiger partial charge in [-0.2, -0.15) is 0 Å². The van der Waals surface area contributed by atoms with Gasteiger partial charge in [0, 0.05) is 4.88 Å². The highest BCUT2D eigenvalue weighted by molar-refractivity contribution is 7.16. The minimum absolute atomic E-state index is 0.545. The van der Waals surface area contributed by atoms with Crippen LogP contribution in [0.4, 0.5) is 5.95 Å². The Labute approximate surface area is 114 Å². The molecule has 92 valence electrons. The van der Waals surface area contributed by atoms with E-state index in [1.54, 1.807) is 11.3 Å². The molecule has 0 aliphatic carbocycles. The molecular formula is C13H12ClN3S. The van der Waals surface area contributed by atoms with E-state index in [-0.39, 0.29) is 0 Å². The number of fused-ring (bicyclic) bond motifs is 1. The van der Waals surface area contributed by atoms with Crippen molar-refractivity contribution < 1.29 is 0 Å². The van der Waals surface area contributed by atoms with Crippen LogP contribution in [0.3, 0.4) is 0 Å². The fourth-order valence-corrected chi connectivity index (χ4v) is 3.21. The zero-order chi connectivity index (χ0) is 12.7. The van der Waals surface area contributed by atoms with E-state index in [9.17, 15) is 0 Å². The molecule has 0 aliphatic rings. The summed E-state index contributed by atoms with van der Waals surface area (Å²) < 4.78 is 2.83. The molecule has 1 aromatic carbocycles. The van der Waals surface area contributed by atoms with Crippen LogP contribution in [0.2, 0.25) is 4.34 Å². The lowest BCUT2D eigenvalue weighted by atomic mass is 10.2. The number of nitrogens with zero attached hydrogens (tertiary/aromatic N) is 2. The Morgan fingerprint density at radius 3 is 2.89 bits per heavy atom. The smallest absolute Gasteiger partial charge is 0.201 e. The summed E-state index contributed by atoms with van der Waals surface area (Å²) in [4.78, 5) is 5.56. The second-order valence-corrected chi connectivity index (χ2v) is 6.00. The molecule has 0 radical (unpaired) electrons. The third-order valence-corrected chi connectivity index (χ3v) is 4.16. The molecular weight excluding hydrogens is 266 g/mol. The van der Waals surface area contributed by atoms with E-state index in [4.69, 9.17) is 17.3 Å². The van der Waals surface area contributed by atoms with Gasteiger partial charge in [0.2, 0.25) is 5.95 Å². The minimum atomic E-state index is 0.545. The van der Waals surface area contributed by atoms with Crippen LogP contribution >= 0.6 is 22.9 Å². The van der Waals surface area contributed by atoms with E-state index in [0.717, 1.165) is 15.4 Å². The van der Waals surface area contributed by atoms with Crippen molar-refractivity contribution in [3.05, 3.63) is 45.1 Å². The van der Waals surface area contributed by atoms with Gasteiger partial charge in [-0.3, -0.25) is 0 Å². The number of halogens is 1. The van der Waals surface area contributed by atoms with E-state index in [1.165, 1.54) is 10.4 Å². The van der Waals surface area contributed by atoms with Gasteiger partial charge in [-0.25, -0.2) is 4.98 Å². The maximum atomic E-state index is 6.00. The largest absolute Gasteiger partial charge is 0.369 e. The van der Waals surface area contributed by atoms with Crippen LogP contribution < -0.4 is 5.73 Å². The molecule has 0 saturated heterocycles. The first-order valence-corrected chi connectivity index (χ1v) is 6.80. The summed E-state index contributed by atoms with van der Waals surface area (Å²) in [5.74, 6) is 0.545. The summed E-state index contributed by atoms with van der Waals surface area (Å²) in [5, 5.41) is 0. The summed E-state index contributed by atoms with van der Waals surface area (Å²) in [5.41, 5.74) is 9.22. The van der Waals surface area contributed by atoms with Crippen molar-refractivity contribution in [2.24, 2.45) is 0 Å². The Balaban J connectivity index is 2.13. The quantitative estimate of drug-likeness (QED) is 0.776. The van der Waals surface area contributed by atoms with Crippen molar-refractivity contribution in [3.8, 4) is 0 Å². The van der Waals surface area contributed by atoms with Crippen LogP contribution in [0.15, 0.2) is 30.3 Å². The van der Waals surface area contributed by atoms with Gasteiger partial charge >= 0.3 is 0 Å². The molecule has 2 aromatic heterocycles. The lowest BCUT2D eigenvalue weighted by Gasteiger charge is -2.06. The average molecular weight is 278 g/mol. The van der Waals surface area contributed by atoms with Crippen LogP contribution in [-0.2, 0) is 6.54 Å². The summed E-state index contributed by atoms with van der Waals surface area (Å²) in [6, 6.07) is 9.98. The number of imidazole rings is 1. The first kappa shape index (κ1) is 11.6. The van der Waals surface area contributed by atoms with Crippen molar-refractivity contribution in [1.82, 2.24) is 9.55 Å². The van der Waals surface area contributed by atoms with Gasteiger partial charge < -0.3 is 10.3 Å². The van der Waals surface area contributed by atoms with Crippen LogP contribution in [0.25, 0.3) is 11.0 Å². The maximum Gasteiger partial charge on any atom is 0.201 e. The number of hydrogen-bond acceptors (Lipinski definition) is 3. The monoisotopic (exact) mass is 277 g/mol. The first-order valence-electron chi connectivity index (χ1n) is 5.60. The van der Waals surface area contributed by atoms with Crippen LogP contribution in [0.1, 0.15) is 10.4 Å². The molecule has 3 nitrogen and oxygen atoms in total. The van der Waals surface area contributed by atoms with Crippen molar-refractivity contribution in [2.75, 3.05) is 5.73 Å². The third kappa shape index (κ3) is 1.87. The van der Waals surface area contributed by atoms with E-state index in [1.807, 2.05) is 28.8 Å². The molecule has 3 aromatic rings. The molecule has 3 rings (SSSR count). The molecule has 0 fully saturated rings. The Morgan fingerprint density at radius 2 is 2.17 bits per heavy atom. The lowest BCUT2D eigenvalue weighted by molar-refractivity contribution is 0.850. The van der Waals surface area contributed by atoms with E-state index in [2.05, 4.69) is 18.0 Å². The molecule has 5 heteroatoms. The van der Waals surface area contributed by atoms with Gasteiger partial charge in [0.25, 0.3) is 0 Å². The van der Waals surface area contributed by atoms with Crippen molar-refractivity contribution >= 4 is 39.9 Å². The number of nitrogen functional groups attached to an aromatic ring is 1. The number of benzene rings is 1. The van der Waals surface area contributed by atoms with Gasteiger partial charge in [-0.15, -0.1) is 11.3 Å².